The van der Waals surface area contributed by atoms with Gasteiger partial charge in [-0.15, -0.1) is 0 Å². The maximum atomic E-state index is 13.3. The van der Waals surface area contributed by atoms with Gasteiger partial charge in [0.1, 0.15) is 30.0 Å². The molecule has 32 heavy (non-hydrogen) atoms. The van der Waals surface area contributed by atoms with Crippen LogP contribution in [0, 0.1) is 27.7 Å². The average Bonchev–Trinajstić information content (AvgIpc) is 3.13. The van der Waals surface area contributed by atoms with E-state index in [1.165, 1.54) is 6.33 Å². The standard InChI is InChI=1S/C22H28N6O3S/c1-15-11-20(16(2)10-19(15)31-5)32(29,30)27-8-6-26(7-9-27)21-12-22(24-13-23-21)28-14-25-17(3)18(28)4/h10-14H,6-9H2,1-5H3. The first kappa shape index (κ1) is 22.2. The van der Waals surface area contributed by atoms with Crippen LogP contribution in [0.25, 0.3) is 5.82 Å². The minimum Gasteiger partial charge on any atom is -0.496 e. The second kappa shape index (κ2) is 8.51. The molecule has 0 aliphatic carbocycles. The maximum absolute atomic E-state index is 13.3. The number of piperazine rings is 1. The number of aromatic nitrogens is 4. The molecule has 0 bridgehead atoms. The Bertz CT molecular complexity index is 1250. The van der Waals surface area contributed by atoms with Crippen LogP contribution in [-0.4, -0.2) is 65.5 Å². The monoisotopic (exact) mass is 456 g/mol. The molecule has 0 unspecified atom stereocenters. The van der Waals surface area contributed by atoms with Crippen LogP contribution in [0.15, 0.2) is 35.7 Å². The summed E-state index contributed by atoms with van der Waals surface area (Å²) in [4.78, 5) is 15.5. The molecule has 0 spiro atoms. The van der Waals surface area contributed by atoms with Gasteiger partial charge < -0.3 is 9.64 Å². The van der Waals surface area contributed by atoms with E-state index in [0.29, 0.717) is 42.4 Å². The number of imidazole rings is 1. The van der Waals surface area contributed by atoms with Gasteiger partial charge in [0.05, 0.1) is 17.7 Å². The van der Waals surface area contributed by atoms with Crippen molar-refractivity contribution < 1.29 is 13.2 Å². The van der Waals surface area contributed by atoms with Crippen molar-refractivity contribution in [1.82, 2.24) is 23.8 Å². The lowest BCUT2D eigenvalue weighted by Gasteiger charge is -2.35. The zero-order valence-corrected chi connectivity index (χ0v) is 19.8. The number of ether oxygens (including phenoxy) is 1. The normalized spacial score (nSPS) is 15.2. The Morgan fingerprint density at radius 1 is 0.875 bits per heavy atom. The molecular formula is C22H28N6O3S. The SMILES string of the molecule is COc1cc(C)c(S(=O)(=O)N2CCN(c3cc(-n4cnc(C)c4C)ncn3)CC2)cc1C. The van der Waals surface area contributed by atoms with Gasteiger partial charge in [-0.25, -0.2) is 23.4 Å². The maximum Gasteiger partial charge on any atom is 0.243 e. The van der Waals surface area contributed by atoms with E-state index in [9.17, 15) is 8.42 Å². The van der Waals surface area contributed by atoms with E-state index < -0.39 is 10.0 Å². The predicted molar refractivity (Wildman–Crippen MR) is 122 cm³/mol. The van der Waals surface area contributed by atoms with Crippen LogP contribution in [0.3, 0.4) is 0 Å². The second-order valence-corrected chi connectivity index (χ2v) is 9.90. The molecule has 0 atom stereocenters. The van der Waals surface area contributed by atoms with E-state index in [2.05, 4.69) is 19.9 Å². The molecule has 10 heteroatoms. The summed E-state index contributed by atoms with van der Waals surface area (Å²) in [5, 5.41) is 0. The zero-order valence-electron chi connectivity index (χ0n) is 19.0. The number of nitrogens with zero attached hydrogens (tertiary/aromatic N) is 6. The van der Waals surface area contributed by atoms with E-state index in [0.717, 1.165) is 28.6 Å². The van der Waals surface area contributed by atoms with Crippen molar-refractivity contribution in [3.05, 3.63) is 53.4 Å². The summed E-state index contributed by atoms with van der Waals surface area (Å²) < 4.78 is 35.4. The molecule has 4 rings (SSSR count). The fraction of sp³-hybridized carbons (Fsp3) is 0.409. The van der Waals surface area contributed by atoms with Crippen molar-refractivity contribution in [3.63, 3.8) is 0 Å². The minimum absolute atomic E-state index is 0.333. The van der Waals surface area contributed by atoms with Gasteiger partial charge in [-0.05, 0) is 51.0 Å². The number of aryl methyl sites for hydroxylation is 3. The van der Waals surface area contributed by atoms with Crippen molar-refractivity contribution in [2.24, 2.45) is 0 Å². The summed E-state index contributed by atoms with van der Waals surface area (Å²) in [6, 6.07) is 5.39. The average molecular weight is 457 g/mol. The third-order valence-electron chi connectivity index (χ3n) is 6.01. The molecule has 1 aliphatic rings. The van der Waals surface area contributed by atoms with E-state index in [1.807, 2.05) is 31.4 Å². The molecule has 0 radical (unpaired) electrons. The molecule has 1 fully saturated rings. The van der Waals surface area contributed by atoms with Gasteiger partial charge in [0.15, 0.2) is 0 Å². The number of rotatable bonds is 5. The molecule has 0 amide bonds. The lowest BCUT2D eigenvalue weighted by Crippen LogP contribution is -2.49. The first-order valence-corrected chi connectivity index (χ1v) is 11.9. The minimum atomic E-state index is -3.59. The Labute approximate surface area is 188 Å². The number of benzene rings is 1. The third kappa shape index (κ3) is 3.95. The van der Waals surface area contributed by atoms with Gasteiger partial charge in [-0.3, -0.25) is 4.57 Å². The fourth-order valence-corrected chi connectivity index (χ4v) is 5.64. The van der Waals surface area contributed by atoms with Gasteiger partial charge in [0, 0.05) is 37.9 Å². The Balaban J connectivity index is 1.52. The Morgan fingerprint density at radius 2 is 1.56 bits per heavy atom. The van der Waals surface area contributed by atoms with Crippen LogP contribution >= 0.6 is 0 Å². The van der Waals surface area contributed by atoms with E-state index in [1.54, 1.807) is 36.8 Å². The molecule has 3 heterocycles. The highest BCUT2D eigenvalue weighted by atomic mass is 32.2. The van der Waals surface area contributed by atoms with Crippen molar-refractivity contribution in [2.75, 3.05) is 38.2 Å². The molecule has 1 aromatic carbocycles. The summed E-state index contributed by atoms with van der Waals surface area (Å²) >= 11 is 0. The van der Waals surface area contributed by atoms with Crippen molar-refractivity contribution in [1.29, 1.82) is 0 Å². The van der Waals surface area contributed by atoms with Gasteiger partial charge in [0.25, 0.3) is 0 Å². The van der Waals surface area contributed by atoms with Gasteiger partial charge in [-0.1, -0.05) is 0 Å². The Kier molecular flexibility index (Phi) is 5.91. The molecule has 0 N–H and O–H groups in total. The Morgan fingerprint density at radius 3 is 2.19 bits per heavy atom. The van der Waals surface area contributed by atoms with Gasteiger partial charge in [-0.2, -0.15) is 4.31 Å². The van der Waals surface area contributed by atoms with E-state index >= 15 is 0 Å². The Hall–Kier alpha value is -2.98. The van der Waals surface area contributed by atoms with Crippen LogP contribution in [0.5, 0.6) is 5.75 Å². The van der Waals surface area contributed by atoms with Crippen LogP contribution in [0.4, 0.5) is 5.82 Å². The van der Waals surface area contributed by atoms with Crippen LogP contribution in [0.2, 0.25) is 0 Å². The molecular weight excluding hydrogens is 428 g/mol. The molecule has 3 aromatic rings. The first-order chi connectivity index (χ1) is 15.2. The summed E-state index contributed by atoms with van der Waals surface area (Å²) in [5.74, 6) is 2.20. The zero-order chi connectivity index (χ0) is 23.0. The highest BCUT2D eigenvalue weighted by Gasteiger charge is 2.30. The number of sulfonamides is 1. The number of methoxy groups -OCH3 is 1. The highest BCUT2D eigenvalue weighted by Crippen LogP contribution is 2.28. The second-order valence-electron chi connectivity index (χ2n) is 8.00. The van der Waals surface area contributed by atoms with Crippen molar-refractivity contribution in [2.45, 2.75) is 32.6 Å². The molecule has 9 nitrogen and oxygen atoms in total. The smallest absolute Gasteiger partial charge is 0.243 e. The highest BCUT2D eigenvalue weighted by molar-refractivity contribution is 7.89. The van der Waals surface area contributed by atoms with Crippen LogP contribution in [-0.2, 0) is 10.0 Å². The van der Waals surface area contributed by atoms with E-state index in [4.69, 9.17) is 4.74 Å². The van der Waals surface area contributed by atoms with Gasteiger partial charge in [0.2, 0.25) is 10.0 Å². The van der Waals surface area contributed by atoms with Crippen LogP contribution in [0.1, 0.15) is 22.5 Å². The van der Waals surface area contributed by atoms with Crippen LogP contribution < -0.4 is 9.64 Å². The van der Waals surface area contributed by atoms with E-state index in [-0.39, 0.29) is 0 Å². The lowest BCUT2D eigenvalue weighted by molar-refractivity contribution is 0.383. The number of hydrogen-bond acceptors (Lipinski definition) is 7. The molecule has 1 aliphatic heterocycles. The van der Waals surface area contributed by atoms with Crippen molar-refractivity contribution >= 4 is 15.8 Å². The third-order valence-corrected chi connectivity index (χ3v) is 8.05. The van der Waals surface area contributed by atoms with Crippen molar-refractivity contribution in [3.8, 4) is 11.6 Å². The fourth-order valence-electron chi connectivity index (χ4n) is 3.93. The van der Waals surface area contributed by atoms with Gasteiger partial charge >= 0.3 is 0 Å². The summed E-state index contributed by atoms with van der Waals surface area (Å²) in [6.45, 7) is 9.47. The number of anilines is 1. The topological polar surface area (TPSA) is 93.5 Å². The summed E-state index contributed by atoms with van der Waals surface area (Å²) in [5.41, 5.74) is 3.46. The first-order valence-electron chi connectivity index (χ1n) is 10.5. The largest absolute Gasteiger partial charge is 0.496 e. The quantitative estimate of drug-likeness (QED) is 0.582. The molecule has 0 saturated carbocycles. The predicted octanol–water partition coefficient (Wildman–Crippen LogP) is 2.42. The summed E-state index contributed by atoms with van der Waals surface area (Å²) in [7, 11) is -2.01. The summed E-state index contributed by atoms with van der Waals surface area (Å²) in [6.07, 6.45) is 3.28. The lowest BCUT2D eigenvalue weighted by atomic mass is 10.1. The molecule has 1 saturated heterocycles. The molecule has 2 aromatic heterocycles. The molecule has 170 valence electrons. The number of hydrogen-bond donors (Lipinski definition) is 0.